The van der Waals surface area contributed by atoms with Crippen LogP contribution < -0.4 is 0 Å². The number of esters is 2. The Labute approximate surface area is 232 Å². The molecule has 0 atom stereocenters. The monoisotopic (exact) mass is 586 g/mol. The summed E-state index contributed by atoms with van der Waals surface area (Å²) in [7, 11) is 5.05. The van der Waals surface area contributed by atoms with Crippen molar-refractivity contribution in [1.82, 2.24) is 9.55 Å². The summed E-state index contributed by atoms with van der Waals surface area (Å²) < 4.78 is 16.0. The number of carbonyl (C=O) groups excluding carboxylic acids is 2. The van der Waals surface area contributed by atoms with Gasteiger partial charge in [0.25, 0.3) is 0 Å². The normalized spacial score (nSPS) is 9.82. The molecule has 1 aromatic heterocycles. The third kappa shape index (κ3) is 14.6. The van der Waals surface area contributed by atoms with E-state index < -0.39 is 10.9 Å². The zero-order valence-corrected chi connectivity index (χ0v) is 23.6. The van der Waals surface area contributed by atoms with Crippen LogP contribution in [-0.2, 0) is 69.5 Å². The molecule has 0 amide bonds. The Hall–Kier alpha value is -1.60. The largest absolute Gasteiger partial charge is 0.487 e. The number of carbonyl (C=O) groups is 2. The van der Waals surface area contributed by atoms with Crippen LogP contribution in [0.5, 0.6) is 0 Å². The van der Waals surface area contributed by atoms with E-state index in [1.165, 1.54) is 10.8 Å². The Morgan fingerprint density at radius 2 is 1.82 bits per heavy atom. The second-order valence-corrected chi connectivity index (χ2v) is 8.94. The van der Waals surface area contributed by atoms with E-state index in [-0.39, 0.29) is 64.1 Å². The molecular weight excluding hydrogens is 559 g/mol. The van der Waals surface area contributed by atoms with Crippen LogP contribution in [0.3, 0.4) is 0 Å². The molecule has 2 rings (SSSR count). The van der Waals surface area contributed by atoms with Crippen LogP contribution in [0.2, 0.25) is 0 Å². The van der Waals surface area contributed by atoms with Crippen molar-refractivity contribution >= 4 is 39.3 Å². The summed E-state index contributed by atoms with van der Waals surface area (Å²) in [5, 5.41) is 10.8. The fourth-order valence-electron chi connectivity index (χ4n) is 2.31. The molecule has 1 radical (unpaired) electrons. The van der Waals surface area contributed by atoms with Gasteiger partial charge in [0.1, 0.15) is 19.3 Å². The van der Waals surface area contributed by atoms with Crippen LogP contribution in [0, 0.1) is 30.0 Å². The number of ether oxygens (including phenoxy) is 3. The predicted octanol–water partition coefficient (Wildman–Crippen LogP) is 3.07. The third-order valence-electron chi connectivity index (χ3n) is 3.82. The molecular formula is C21H27N3O7S2Y-2. The van der Waals surface area contributed by atoms with E-state index in [1.807, 2.05) is 0 Å². The molecule has 0 N–H and O–H groups in total. The van der Waals surface area contributed by atoms with Crippen molar-refractivity contribution in [1.29, 1.82) is 0 Å². The standard InChI is InChI=1S/C14H14N3O4.C7H13O3S2.Y/c1-11-15-10-13(17(19)20)16(11)7-8-21-14(18)9-12-5-3-2-4-6-12;1-7(8)10-4-6-12-11-5-3-9-2;/h3-6,10H,7-9H2,1H3;1,3-6H2,2H3;/q2*-1;. The number of aryl methyl sites for hydroxylation is 1. The Balaban J connectivity index is 0.000000723. The van der Waals surface area contributed by atoms with E-state index in [0.29, 0.717) is 12.4 Å². The smallest absolute Gasteiger partial charge is 0.342 e. The number of rotatable bonds is 13. The van der Waals surface area contributed by atoms with E-state index in [1.54, 1.807) is 59.9 Å². The Morgan fingerprint density at radius 1 is 1.18 bits per heavy atom. The first-order valence-corrected chi connectivity index (χ1v) is 12.3. The predicted molar refractivity (Wildman–Crippen MR) is 127 cm³/mol. The van der Waals surface area contributed by atoms with Gasteiger partial charge in [-0.1, -0.05) is 21.6 Å². The van der Waals surface area contributed by atoms with Gasteiger partial charge in [0.15, 0.2) is 11.8 Å². The molecule has 10 nitrogen and oxygen atoms in total. The maximum Gasteiger partial charge on any atom is 0.342 e. The van der Waals surface area contributed by atoms with Crippen LogP contribution in [-0.4, -0.2) is 64.8 Å². The van der Waals surface area contributed by atoms with E-state index in [9.17, 15) is 19.7 Å². The Bertz CT molecular complexity index is 869. The molecule has 0 saturated heterocycles. The van der Waals surface area contributed by atoms with Crippen LogP contribution >= 0.6 is 21.6 Å². The van der Waals surface area contributed by atoms with Crippen LogP contribution in [0.15, 0.2) is 30.5 Å². The number of benzene rings is 1. The minimum absolute atomic E-state index is 0. The third-order valence-corrected chi connectivity index (χ3v) is 6.15. The van der Waals surface area contributed by atoms with Gasteiger partial charge in [0, 0.05) is 64.7 Å². The van der Waals surface area contributed by atoms with E-state index in [2.05, 4.69) is 22.7 Å². The maximum atomic E-state index is 11.7. The van der Waals surface area contributed by atoms with Gasteiger partial charge in [-0.25, -0.2) is 9.55 Å². The average Bonchev–Trinajstić information content (AvgIpc) is 3.15. The first-order chi connectivity index (χ1) is 15.8. The summed E-state index contributed by atoms with van der Waals surface area (Å²) in [5.41, 5.74) is 0.837. The van der Waals surface area contributed by atoms with Gasteiger partial charge in [0.2, 0.25) is 0 Å². The van der Waals surface area contributed by atoms with Crippen molar-refractivity contribution < 1.29 is 61.4 Å². The molecule has 185 valence electrons. The summed E-state index contributed by atoms with van der Waals surface area (Å²) in [6, 6.07) is 9.88. The molecule has 0 aliphatic heterocycles. The Kier molecular flexibility index (Phi) is 18.8. The fourth-order valence-corrected chi connectivity index (χ4v) is 4.05. The molecule has 1 heterocycles. The minimum atomic E-state index is -0.512. The van der Waals surface area contributed by atoms with Crippen LogP contribution in [0.1, 0.15) is 11.4 Å². The second-order valence-electron chi connectivity index (χ2n) is 6.24. The zero-order chi connectivity index (χ0) is 24.5. The van der Waals surface area contributed by atoms with Crippen molar-refractivity contribution in [2.45, 2.75) is 19.9 Å². The van der Waals surface area contributed by atoms with E-state index in [4.69, 9.17) is 9.47 Å². The number of hydrogen-bond acceptors (Lipinski definition) is 10. The molecule has 34 heavy (non-hydrogen) atoms. The number of nitro groups is 1. The molecule has 0 aliphatic carbocycles. The van der Waals surface area contributed by atoms with Crippen molar-refractivity contribution in [3.05, 3.63) is 65.0 Å². The topological polar surface area (TPSA) is 123 Å². The molecule has 0 fully saturated rings. The van der Waals surface area contributed by atoms with E-state index >= 15 is 0 Å². The molecule has 2 aromatic rings. The summed E-state index contributed by atoms with van der Waals surface area (Å²) in [6.45, 7) is 6.21. The number of hydrogen-bond donors (Lipinski definition) is 0. The number of aromatic nitrogens is 2. The van der Waals surface area contributed by atoms with Crippen molar-refractivity contribution in [3.8, 4) is 0 Å². The van der Waals surface area contributed by atoms with Gasteiger partial charge in [-0.3, -0.25) is 16.5 Å². The van der Waals surface area contributed by atoms with Crippen molar-refractivity contribution in [2.24, 2.45) is 0 Å². The van der Waals surface area contributed by atoms with Gasteiger partial charge in [-0.15, -0.1) is 5.56 Å². The second kappa shape index (κ2) is 19.7. The molecule has 1 aromatic carbocycles. The summed E-state index contributed by atoms with van der Waals surface area (Å²) in [4.78, 5) is 36.0. The Morgan fingerprint density at radius 3 is 2.41 bits per heavy atom. The summed E-state index contributed by atoms with van der Waals surface area (Å²) in [5.74, 6) is 1.33. The molecule has 0 bridgehead atoms. The van der Waals surface area contributed by atoms with Crippen LogP contribution in [0.4, 0.5) is 5.82 Å². The van der Waals surface area contributed by atoms with Gasteiger partial charge >= 0.3 is 11.8 Å². The molecule has 0 aliphatic rings. The zero-order valence-electron chi connectivity index (χ0n) is 19.1. The first-order valence-electron chi connectivity index (χ1n) is 9.84. The number of nitrogens with zero attached hydrogens (tertiary/aromatic N) is 3. The molecule has 0 unspecified atom stereocenters. The first kappa shape index (κ1) is 32.4. The number of imidazole rings is 1. The SMILES string of the molecule is Cc1ncc([N+](=O)[O-])n1CCOC(=O)Cc1cc[c-]cc1.[CH2-]C(=O)OCCSSCCOC.[Y]. The quantitative estimate of drug-likeness (QED) is 0.0864. The van der Waals surface area contributed by atoms with E-state index in [0.717, 1.165) is 23.7 Å². The summed E-state index contributed by atoms with van der Waals surface area (Å²) >= 11 is 0. The van der Waals surface area contributed by atoms with Crippen molar-refractivity contribution in [3.63, 3.8) is 0 Å². The molecule has 0 saturated carbocycles. The number of methoxy groups -OCH3 is 1. The molecule has 0 spiro atoms. The molecule has 13 heteroatoms. The summed E-state index contributed by atoms with van der Waals surface area (Å²) in [6.07, 6.45) is 1.36. The van der Waals surface area contributed by atoms with Gasteiger partial charge in [-0.05, 0) is 4.92 Å². The van der Waals surface area contributed by atoms with Crippen LogP contribution in [0.25, 0.3) is 0 Å². The average molecular weight is 587 g/mol. The minimum Gasteiger partial charge on any atom is -0.487 e. The fraction of sp³-hybridized carbons (Fsp3) is 0.429. The maximum absolute atomic E-state index is 11.7. The van der Waals surface area contributed by atoms with Gasteiger partial charge < -0.3 is 24.3 Å². The van der Waals surface area contributed by atoms with Gasteiger partial charge in [-0.2, -0.15) is 30.3 Å². The van der Waals surface area contributed by atoms with Crippen molar-refractivity contribution in [2.75, 3.05) is 38.4 Å². The van der Waals surface area contributed by atoms with Gasteiger partial charge in [0.05, 0.1) is 13.2 Å².